The van der Waals surface area contributed by atoms with Crippen molar-refractivity contribution < 1.29 is 0 Å². The van der Waals surface area contributed by atoms with Crippen molar-refractivity contribution in [2.75, 3.05) is 4.90 Å². The van der Waals surface area contributed by atoms with Gasteiger partial charge < -0.3 is 4.90 Å². The van der Waals surface area contributed by atoms with E-state index < -0.39 is 0 Å². The van der Waals surface area contributed by atoms with E-state index in [9.17, 15) is 0 Å². The third-order valence-corrected chi connectivity index (χ3v) is 5.23. The van der Waals surface area contributed by atoms with E-state index in [1.807, 2.05) is 13.0 Å². The fraction of sp³-hybridized carbons (Fsp3) is 0.231. The highest BCUT2D eigenvalue weighted by Gasteiger charge is 2.17. The van der Waals surface area contributed by atoms with Crippen molar-refractivity contribution in [1.29, 1.82) is 0 Å². The summed E-state index contributed by atoms with van der Waals surface area (Å²) in [5.41, 5.74) is 10.7. The van der Waals surface area contributed by atoms with Gasteiger partial charge in [-0.2, -0.15) is 0 Å². The fourth-order valence-corrected chi connectivity index (χ4v) is 3.44. The first-order valence-electron chi connectivity index (χ1n) is 9.38. The predicted octanol–water partition coefficient (Wildman–Crippen LogP) is 7.60. The molecule has 0 aliphatic heterocycles. The number of anilines is 1. The average molecular weight is 358 g/mol. The molecule has 1 heteroatoms. The van der Waals surface area contributed by atoms with Crippen LogP contribution in [0.5, 0.6) is 0 Å². The van der Waals surface area contributed by atoms with Crippen molar-refractivity contribution in [2.24, 2.45) is 0 Å². The van der Waals surface area contributed by atoms with Gasteiger partial charge >= 0.3 is 0 Å². The number of nitrogens with zero attached hydrogens (tertiary/aromatic N) is 1. The van der Waals surface area contributed by atoms with Crippen molar-refractivity contribution >= 4 is 11.3 Å². The van der Waals surface area contributed by atoms with Gasteiger partial charge in [0.05, 0.1) is 0 Å². The molecule has 0 amide bonds. The predicted molar refractivity (Wildman–Crippen MR) is 121 cm³/mol. The monoisotopic (exact) mass is 357 g/mol. The maximum atomic E-state index is 4.23. The molecule has 0 aliphatic rings. The maximum absolute atomic E-state index is 4.23. The summed E-state index contributed by atoms with van der Waals surface area (Å²) < 4.78 is 0. The molecular formula is C26H31N. The molecule has 0 bridgehead atoms. The number of hydrogen-bond donors (Lipinski definition) is 0. The molecular weight excluding hydrogens is 326 g/mol. The van der Waals surface area contributed by atoms with Gasteiger partial charge in [-0.3, -0.25) is 0 Å². The van der Waals surface area contributed by atoms with Gasteiger partial charge in [-0.15, -0.1) is 0 Å². The molecule has 0 unspecified atom stereocenters. The van der Waals surface area contributed by atoms with E-state index in [0.29, 0.717) is 0 Å². The second-order valence-electron chi connectivity index (χ2n) is 7.14. The van der Waals surface area contributed by atoms with Crippen molar-refractivity contribution in [2.45, 2.75) is 41.5 Å². The molecule has 0 saturated heterocycles. The van der Waals surface area contributed by atoms with Gasteiger partial charge in [-0.1, -0.05) is 55.6 Å². The topological polar surface area (TPSA) is 3.24 Å². The van der Waals surface area contributed by atoms with Crippen LogP contribution in [0.3, 0.4) is 0 Å². The van der Waals surface area contributed by atoms with Crippen LogP contribution in [-0.4, -0.2) is 0 Å². The van der Waals surface area contributed by atoms with Gasteiger partial charge in [0.15, 0.2) is 0 Å². The Labute approximate surface area is 165 Å². The fourth-order valence-electron chi connectivity index (χ4n) is 3.44. The minimum atomic E-state index is 0.972. The van der Waals surface area contributed by atoms with E-state index in [-0.39, 0.29) is 0 Å². The summed E-state index contributed by atoms with van der Waals surface area (Å²) in [6.07, 6.45) is 1.94. The zero-order valence-corrected chi connectivity index (χ0v) is 17.6. The van der Waals surface area contributed by atoms with Crippen LogP contribution in [0.2, 0.25) is 0 Å². The molecule has 140 valence electrons. The van der Waals surface area contributed by atoms with Gasteiger partial charge in [0.1, 0.15) is 0 Å². The van der Waals surface area contributed by atoms with Crippen LogP contribution in [0, 0.1) is 13.8 Å². The first-order chi connectivity index (χ1) is 12.8. The minimum absolute atomic E-state index is 0.972. The molecule has 0 heterocycles. The van der Waals surface area contributed by atoms with Crippen molar-refractivity contribution in [3.05, 3.63) is 107 Å². The Morgan fingerprint density at radius 3 is 1.89 bits per heavy atom. The summed E-state index contributed by atoms with van der Waals surface area (Å²) in [5, 5.41) is 0. The lowest BCUT2D eigenvalue weighted by molar-refractivity contribution is 1.06. The van der Waals surface area contributed by atoms with Crippen LogP contribution in [0.25, 0.3) is 5.57 Å². The quantitative estimate of drug-likeness (QED) is 0.481. The Kier molecular flexibility index (Phi) is 6.63. The molecule has 0 aromatic heterocycles. The molecule has 0 fully saturated rings. The summed E-state index contributed by atoms with van der Waals surface area (Å²) in [7, 11) is 0. The maximum Gasteiger partial charge on any atom is 0.0487 e. The Bertz CT molecular complexity index is 925. The molecule has 27 heavy (non-hydrogen) atoms. The van der Waals surface area contributed by atoms with Crippen molar-refractivity contribution in [3.8, 4) is 0 Å². The zero-order valence-electron chi connectivity index (χ0n) is 17.6. The van der Waals surface area contributed by atoms with Gasteiger partial charge in [0.2, 0.25) is 0 Å². The number of hydrogen-bond acceptors (Lipinski definition) is 1. The van der Waals surface area contributed by atoms with E-state index in [4.69, 9.17) is 0 Å². The Hall–Kier alpha value is -2.80. The normalized spacial score (nSPS) is 12.8. The molecule has 1 nitrogen and oxygen atoms in total. The molecule has 0 saturated carbocycles. The van der Waals surface area contributed by atoms with E-state index in [0.717, 1.165) is 17.1 Å². The number of aryl methyl sites for hydroxylation is 2. The highest BCUT2D eigenvalue weighted by atomic mass is 15.2. The van der Waals surface area contributed by atoms with Crippen LogP contribution in [-0.2, 0) is 0 Å². The third-order valence-electron chi connectivity index (χ3n) is 5.23. The molecule has 2 aromatic rings. The number of allylic oxidation sites excluding steroid dienone is 5. The highest BCUT2D eigenvalue weighted by Crippen LogP contribution is 2.33. The molecule has 0 spiro atoms. The van der Waals surface area contributed by atoms with Gasteiger partial charge in [-0.25, -0.2) is 0 Å². The van der Waals surface area contributed by atoms with Gasteiger partial charge in [-0.05, 0) is 87.1 Å². The van der Waals surface area contributed by atoms with E-state index >= 15 is 0 Å². The number of rotatable bonds is 6. The standard InChI is InChI=1S/C26H31N/c1-9-25(27(18(2)3)26-17-13-11-15-20(26)5)23(8)21(6)22(7)24-16-12-10-14-19(24)4/h9-17H,1-2H2,3-8H3/b22-21+,25-23+. The third kappa shape index (κ3) is 4.31. The van der Waals surface area contributed by atoms with E-state index in [1.54, 1.807) is 0 Å². The van der Waals surface area contributed by atoms with Gasteiger partial charge in [0.25, 0.3) is 0 Å². The van der Waals surface area contributed by atoms with Crippen LogP contribution in [0.4, 0.5) is 5.69 Å². The van der Waals surface area contributed by atoms with Crippen LogP contribution < -0.4 is 4.90 Å². The average Bonchev–Trinajstić information content (AvgIpc) is 2.65. The number of benzene rings is 2. The molecule has 0 N–H and O–H groups in total. The molecule has 2 rings (SSSR count). The largest absolute Gasteiger partial charge is 0.315 e. The van der Waals surface area contributed by atoms with E-state index in [1.165, 1.54) is 33.4 Å². The van der Waals surface area contributed by atoms with Crippen LogP contribution in [0.1, 0.15) is 44.4 Å². The van der Waals surface area contributed by atoms with Crippen LogP contribution >= 0.6 is 0 Å². The van der Waals surface area contributed by atoms with E-state index in [2.05, 4.69) is 101 Å². The van der Waals surface area contributed by atoms with Crippen molar-refractivity contribution in [3.63, 3.8) is 0 Å². The second kappa shape index (κ2) is 8.73. The summed E-state index contributed by atoms with van der Waals surface area (Å²) in [6, 6.07) is 16.9. The molecule has 0 atom stereocenters. The Morgan fingerprint density at radius 2 is 1.37 bits per heavy atom. The lowest BCUT2D eigenvalue weighted by atomic mass is 9.93. The molecule has 0 radical (unpaired) electrons. The smallest absolute Gasteiger partial charge is 0.0487 e. The summed E-state index contributed by atoms with van der Waals surface area (Å²) in [4.78, 5) is 2.20. The Morgan fingerprint density at radius 1 is 0.815 bits per heavy atom. The van der Waals surface area contributed by atoms with Crippen molar-refractivity contribution in [1.82, 2.24) is 0 Å². The first kappa shape index (κ1) is 20.5. The second-order valence-corrected chi connectivity index (χ2v) is 7.14. The zero-order chi connectivity index (χ0) is 20.1. The lowest BCUT2D eigenvalue weighted by Gasteiger charge is -2.30. The highest BCUT2D eigenvalue weighted by molar-refractivity contribution is 5.74. The summed E-state index contributed by atoms with van der Waals surface area (Å²) in [5.74, 6) is 0. The van der Waals surface area contributed by atoms with Gasteiger partial charge in [0, 0.05) is 17.1 Å². The van der Waals surface area contributed by atoms with Crippen LogP contribution in [0.15, 0.2) is 90.3 Å². The SMILES string of the molecule is C=C/C(=C(C)\C(C)=C(/C)c1ccccc1C)N(C(=C)C)c1ccccc1C. The Balaban J connectivity index is 2.67. The molecule has 0 aliphatic carbocycles. The minimum Gasteiger partial charge on any atom is -0.315 e. The summed E-state index contributed by atoms with van der Waals surface area (Å²) >= 11 is 0. The summed E-state index contributed by atoms with van der Waals surface area (Å²) in [6.45, 7) is 21.2. The molecule has 2 aromatic carbocycles. The first-order valence-corrected chi connectivity index (χ1v) is 9.38. The number of para-hydroxylation sites is 1. The lowest BCUT2D eigenvalue weighted by Crippen LogP contribution is -2.21.